The third-order valence-electron chi connectivity index (χ3n) is 4.07. The maximum absolute atomic E-state index is 11.6. The number of nitrogens with one attached hydrogen (secondary N) is 1. The lowest BCUT2D eigenvalue weighted by Gasteiger charge is -2.16. The molecule has 2 heterocycles. The van der Waals surface area contributed by atoms with Crippen LogP contribution in [0.2, 0.25) is 0 Å². The molecule has 2 atom stereocenters. The predicted molar refractivity (Wildman–Crippen MR) is 91.8 cm³/mol. The minimum Gasteiger partial charge on any atom is -0.349 e. The summed E-state index contributed by atoms with van der Waals surface area (Å²) in [5.74, 6) is 0.969. The van der Waals surface area contributed by atoms with E-state index in [1.807, 2.05) is 48.9 Å². The van der Waals surface area contributed by atoms with E-state index in [1.165, 1.54) is 12.5 Å². The summed E-state index contributed by atoms with van der Waals surface area (Å²) in [6, 6.07) is 7.76. The Morgan fingerprint density at radius 3 is 2.72 bits per heavy atom. The maximum atomic E-state index is 11.6. The first-order chi connectivity index (χ1) is 12.0. The maximum Gasteiger partial charge on any atom is 0.229 e. The number of nitrogens with zero attached hydrogens (tertiary/aromatic N) is 4. The molecule has 2 unspecified atom stereocenters. The fourth-order valence-electron chi connectivity index (χ4n) is 2.62. The summed E-state index contributed by atoms with van der Waals surface area (Å²) >= 11 is 0. The third-order valence-corrected chi connectivity index (χ3v) is 4.07. The first-order valence-corrected chi connectivity index (χ1v) is 8.16. The summed E-state index contributed by atoms with van der Waals surface area (Å²) < 4.78 is 7.30. The van der Waals surface area contributed by atoms with Crippen molar-refractivity contribution in [3.63, 3.8) is 0 Å². The van der Waals surface area contributed by atoms with E-state index >= 15 is 0 Å². The van der Waals surface area contributed by atoms with Gasteiger partial charge in [-0.1, -0.05) is 35.0 Å². The van der Waals surface area contributed by atoms with Crippen LogP contribution in [0.5, 0.6) is 0 Å². The van der Waals surface area contributed by atoms with Crippen molar-refractivity contribution in [3.8, 4) is 0 Å². The van der Waals surface area contributed by atoms with Crippen LogP contribution in [-0.4, -0.2) is 25.6 Å². The molecule has 130 valence electrons. The van der Waals surface area contributed by atoms with E-state index in [-0.39, 0.29) is 18.0 Å². The molecule has 0 saturated carbocycles. The summed E-state index contributed by atoms with van der Waals surface area (Å²) in [7, 11) is 0. The van der Waals surface area contributed by atoms with Gasteiger partial charge >= 0.3 is 0 Å². The van der Waals surface area contributed by atoms with Gasteiger partial charge in [0.15, 0.2) is 5.82 Å². The lowest BCUT2D eigenvalue weighted by atomic mass is 10.0. The topological polar surface area (TPSA) is 85.8 Å². The Bertz CT molecular complexity index is 824. The van der Waals surface area contributed by atoms with Crippen LogP contribution in [0.1, 0.15) is 48.8 Å². The Morgan fingerprint density at radius 2 is 2.08 bits per heavy atom. The zero-order valence-electron chi connectivity index (χ0n) is 14.5. The first kappa shape index (κ1) is 16.9. The van der Waals surface area contributed by atoms with E-state index in [1.54, 1.807) is 12.5 Å². The van der Waals surface area contributed by atoms with E-state index in [9.17, 15) is 4.79 Å². The highest BCUT2D eigenvalue weighted by Gasteiger charge is 2.20. The molecule has 2 aromatic heterocycles. The standard InChI is InChI=1S/C18H21N5O2/c1-12-4-6-15(7-5-12)16(20-14(3)24)10-17-21-18(22-25-17)13(2)23-9-8-19-11-23/h4-9,11,13,16H,10H2,1-3H3,(H,20,24). The van der Waals surface area contributed by atoms with Gasteiger partial charge in [-0.25, -0.2) is 4.98 Å². The monoisotopic (exact) mass is 339 g/mol. The predicted octanol–water partition coefficient (Wildman–Crippen LogP) is 2.60. The zero-order valence-corrected chi connectivity index (χ0v) is 14.5. The van der Waals surface area contributed by atoms with Gasteiger partial charge in [-0.3, -0.25) is 4.79 Å². The molecular formula is C18H21N5O2. The number of rotatable bonds is 6. The Labute approximate surface area is 146 Å². The van der Waals surface area contributed by atoms with Crippen LogP contribution in [0.15, 0.2) is 47.5 Å². The molecule has 1 aromatic carbocycles. The van der Waals surface area contributed by atoms with Gasteiger partial charge in [-0.15, -0.1) is 0 Å². The van der Waals surface area contributed by atoms with Crippen LogP contribution in [0, 0.1) is 6.92 Å². The highest BCUT2D eigenvalue weighted by atomic mass is 16.5. The molecular weight excluding hydrogens is 318 g/mol. The van der Waals surface area contributed by atoms with Crippen LogP contribution in [0.25, 0.3) is 0 Å². The molecule has 0 bridgehead atoms. The molecule has 7 nitrogen and oxygen atoms in total. The first-order valence-electron chi connectivity index (χ1n) is 8.16. The van der Waals surface area contributed by atoms with Gasteiger partial charge in [-0.2, -0.15) is 4.98 Å². The second-order valence-corrected chi connectivity index (χ2v) is 6.10. The molecule has 0 aliphatic carbocycles. The Morgan fingerprint density at radius 1 is 1.32 bits per heavy atom. The quantitative estimate of drug-likeness (QED) is 0.746. The number of aromatic nitrogens is 4. The summed E-state index contributed by atoms with van der Waals surface area (Å²) in [5.41, 5.74) is 2.17. The van der Waals surface area contributed by atoms with Crippen LogP contribution in [-0.2, 0) is 11.2 Å². The largest absolute Gasteiger partial charge is 0.349 e. The molecule has 3 aromatic rings. The van der Waals surface area contributed by atoms with Gasteiger partial charge in [-0.05, 0) is 19.4 Å². The Hall–Kier alpha value is -2.96. The molecule has 1 N–H and O–H groups in total. The number of hydrogen-bond donors (Lipinski definition) is 1. The van der Waals surface area contributed by atoms with Crippen LogP contribution in [0.3, 0.4) is 0 Å². The number of aryl methyl sites for hydroxylation is 1. The average molecular weight is 339 g/mol. The number of imidazole rings is 1. The van der Waals surface area contributed by atoms with Crippen LogP contribution < -0.4 is 5.32 Å². The van der Waals surface area contributed by atoms with Crippen molar-refractivity contribution in [1.29, 1.82) is 0 Å². The summed E-state index contributed by atoms with van der Waals surface area (Å²) in [4.78, 5) is 20.1. The van der Waals surface area contributed by atoms with Gasteiger partial charge in [0.1, 0.15) is 0 Å². The van der Waals surface area contributed by atoms with Crippen molar-refractivity contribution >= 4 is 5.91 Å². The fraction of sp³-hybridized carbons (Fsp3) is 0.333. The lowest BCUT2D eigenvalue weighted by molar-refractivity contribution is -0.119. The number of carbonyl (C=O) groups is 1. The lowest BCUT2D eigenvalue weighted by Crippen LogP contribution is -2.27. The van der Waals surface area contributed by atoms with Crippen molar-refractivity contribution in [1.82, 2.24) is 25.0 Å². The van der Waals surface area contributed by atoms with E-state index in [2.05, 4.69) is 20.4 Å². The van der Waals surface area contributed by atoms with E-state index in [4.69, 9.17) is 4.52 Å². The number of carbonyl (C=O) groups excluding carboxylic acids is 1. The summed E-state index contributed by atoms with van der Waals surface area (Å²) in [6.45, 7) is 5.50. The average Bonchev–Trinajstić information content (AvgIpc) is 3.26. The second kappa shape index (κ2) is 7.29. The van der Waals surface area contributed by atoms with E-state index in [0.29, 0.717) is 18.1 Å². The molecule has 0 aliphatic rings. The van der Waals surface area contributed by atoms with Crippen molar-refractivity contribution in [2.45, 2.75) is 39.3 Å². The summed E-state index contributed by atoms with van der Waals surface area (Å²) in [5, 5.41) is 7.01. The van der Waals surface area contributed by atoms with Gasteiger partial charge < -0.3 is 14.4 Å². The van der Waals surface area contributed by atoms with Gasteiger partial charge in [0.2, 0.25) is 11.8 Å². The Balaban J connectivity index is 1.78. The van der Waals surface area contributed by atoms with Crippen molar-refractivity contribution in [3.05, 3.63) is 65.8 Å². The number of benzene rings is 1. The van der Waals surface area contributed by atoms with Crippen LogP contribution >= 0.6 is 0 Å². The number of hydrogen-bond acceptors (Lipinski definition) is 5. The highest BCUT2D eigenvalue weighted by molar-refractivity contribution is 5.73. The minimum atomic E-state index is -0.213. The highest BCUT2D eigenvalue weighted by Crippen LogP contribution is 2.20. The van der Waals surface area contributed by atoms with Gasteiger partial charge in [0.05, 0.1) is 24.8 Å². The molecule has 25 heavy (non-hydrogen) atoms. The molecule has 3 rings (SSSR count). The van der Waals surface area contributed by atoms with Crippen molar-refractivity contribution in [2.24, 2.45) is 0 Å². The third kappa shape index (κ3) is 4.12. The van der Waals surface area contributed by atoms with Crippen molar-refractivity contribution in [2.75, 3.05) is 0 Å². The number of amides is 1. The zero-order chi connectivity index (χ0) is 17.8. The van der Waals surface area contributed by atoms with Crippen LogP contribution in [0.4, 0.5) is 0 Å². The molecule has 0 spiro atoms. The second-order valence-electron chi connectivity index (χ2n) is 6.10. The van der Waals surface area contributed by atoms with E-state index < -0.39 is 0 Å². The summed E-state index contributed by atoms with van der Waals surface area (Å²) in [6.07, 6.45) is 5.72. The van der Waals surface area contributed by atoms with Gasteiger partial charge in [0, 0.05) is 19.3 Å². The molecule has 0 saturated heterocycles. The molecule has 1 amide bonds. The molecule has 0 aliphatic heterocycles. The fourth-order valence-corrected chi connectivity index (χ4v) is 2.62. The molecule has 7 heteroatoms. The smallest absolute Gasteiger partial charge is 0.229 e. The van der Waals surface area contributed by atoms with Gasteiger partial charge in [0.25, 0.3) is 0 Å². The molecule has 0 fully saturated rings. The Kier molecular flexibility index (Phi) is 4.92. The normalized spacial score (nSPS) is 13.4. The molecule has 0 radical (unpaired) electrons. The minimum absolute atomic E-state index is 0.0707. The van der Waals surface area contributed by atoms with Crippen molar-refractivity contribution < 1.29 is 9.32 Å². The van der Waals surface area contributed by atoms with E-state index in [0.717, 1.165) is 5.56 Å². The SMILES string of the molecule is CC(=O)NC(Cc1nc(C(C)n2ccnc2)no1)c1ccc(C)cc1.